The Morgan fingerprint density at radius 3 is 2.38 bits per heavy atom. The lowest BCUT2D eigenvalue weighted by Crippen LogP contribution is -1.88. The van der Waals surface area contributed by atoms with Crippen molar-refractivity contribution in [1.82, 2.24) is 0 Å². The van der Waals surface area contributed by atoms with Crippen LogP contribution < -0.4 is 9.47 Å². The molecule has 21 heavy (non-hydrogen) atoms. The van der Waals surface area contributed by atoms with Crippen molar-refractivity contribution in [2.45, 2.75) is 0 Å². The summed E-state index contributed by atoms with van der Waals surface area (Å²) in [7, 11) is 1.61. The number of benzene rings is 2. The van der Waals surface area contributed by atoms with E-state index in [1.807, 2.05) is 24.3 Å². The van der Waals surface area contributed by atoms with Gasteiger partial charge in [0.1, 0.15) is 17.2 Å². The molecule has 0 amide bonds. The fraction of sp³-hybridized carbons (Fsp3) is 0.0625. The topological polar surface area (TPSA) is 55.8 Å². The summed E-state index contributed by atoms with van der Waals surface area (Å²) in [5.74, 6) is 1.11. The molecule has 2 aromatic carbocycles. The maximum absolute atomic E-state index is 10.5. The SMILES string of the molecule is COc1ccc(Oc2ccc(/C=C/C(=O)O)cc2Br)cc1. The molecular weight excluding hydrogens is 336 g/mol. The van der Waals surface area contributed by atoms with Crippen LogP contribution in [0.3, 0.4) is 0 Å². The third-order valence-electron chi connectivity index (χ3n) is 2.66. The number of hydrogen-bond donors (Lipinski definition) is 1. The molecule has 5 heteroatoms. The monoisotopic (exact) mass is 348 g/mol. The van der Waals surface area contributed by atoms with E-state index in [2.05, 4.69) is 15.9 Å². The van der Waals surface area contributed by atoms with Gasteiger partial charge < -0.3 is 14.6 Å². The third-order valence-corrected chi connectivity index (χ3v) is 3.28. The second-order valence-electron chi connectivity index (χ2n) is 4.14. The lowest BCUT2D eigenvalue weighted by molar-refractivity contribution is -0.131. The van der Waals surface area contributed by atoms with E-state index in [9.17, 15) is 4.79 Å². The Hall–Kier alpha value is -2.27. The standard InChI is InChI=1S/C16H13BrO4/c1-20-12-4-6-13(7-5-12)21-15-8-2-11(10-14(15)17)3-9-16(18)19/h2-10H,1H3,(H,18,19)/b9-3+. The van der Waals surface area contributed by atoms with Crippen LogP contribution in [0.2, 0.25) is 0 Å². The average Bonchev–Trinajstić information content (AvgIpc) is 2.48. The molecule has 0 heterocycles. The van der Waals surface area contributed by atoms with Crippen LogP contribution in [0.15, 0.2) is 53.0 Å². The van der Waals surface area contributed by atoms with Crippen molar-refractivity contribution in [3.05, 3.63) is 58.6 Å². The van der Waals surface area contributed by atoms with Crippen LogP contribution in [0, 0.1) is 0 Å². The first-order valence-corrected chi connectivity index (χ1v) is 6.90. The zero-order chi connectivity index (χ0) is 15.2. The molecule has 0 aromatic heterocycles. The Morgan fingerprint density at radius 1 is 1.14 bits per heavy atom. The first kappa shape index (κ1) is 15.1. The van der Waals surface area contributed by atoms with Gasteiger partial charge >= 0.3 is 5.97 Å². The van der Waals surface area contributed by atoms with Crippen LogP contribution in [0.5, 0.6) is 17.2 Å². The minimum Gasteiger partial charge on any atom is -0.497 e. The number of hydrogen-bond acceptors (Lipinski definition) is 3. The Labute approximate surface area is 130 Å². The van der Waals surface area contributed by atoms with Crippen molar-refractivity contribution in [1.29, 1.82) is 0 Å². The third kappa shape index (κ3) is 4.36. The summed E-state index contributed by atoms with van der Waals surface area (Å²) < 4.78 is 11.6. The molecule has 0 aliphatic rings. The van der Waals surface area contributed by atoms with Gasteiger partial charge in [0.05, 0.1) is 11.6 Å². The molecule has 0 saturated carbocycles. The molecule has 0 saturated heterocycles. The Morgan fingerprint density at radius 2 is 1.81 bits per heavy atom. The number of carboxylic acid groups (broad SMARTS) is 1. The lowest BCUT2D eigenvalue weighted by atomic mass is 10.2. The van der Waals surface area contributed by atoms with Gasteiger partial charge in [-0.1, -0.05) is 6.07 Å². The second kappa shape index (κ2) is 6.95. The highest BCUT2D eigenvalue weighted by atomic mass is 79.9. The summed E-state index contributed by atoms with van der Waals surface area (Å²) in [6, 6.07) is 12.6. The minimum atomic E-state index is -0.982. The van der Waals surface area contributed by atoms with Crippen LogP contribution in [0.25, 0.3) is 6.08 Å². The number of rotatable bonds is 5. The molecule has 108 valence electrons. The number of carbonyl (C=O) groups is 1. The van der Waals surface area contributed by atoms with Gasteiger partial charge in [0.25, 0.3) is 0 Å². The molecule has 0 bridgehead atoms. The smallest absolute Gasteiger partial charge is 0.328 e. The molecule has 2 rings (SSSR count). The molecule has 0 unspecified atom stereocenters. The highest BCUT2D eigenvalue weighted by molar-refractivity contribution is 9.10. The minimum absolute atomic E-state index is 0.646. The number of halogens is 1. The number of carboxylic acids is 1. The van der Waals surface area contributed by atoms with Gasteiger partial charge in [-0.15, -0.1) is 0 Å². The van der Waals surface area contributed by atoms with Gasteiger partial charge in [0.15, 0.2) is 0 Å². The van der Waals surface area contributed by atoms with Crippen LogP contribution in [0.1, 0.15) is 5.56 Å². The second-order valence-corrected chi connectivity index (χ2v) is 4.99. The van der Waals surface area contributed by atoms with Crippen LogP contribution in [-0.4, -0.2) is 18.2 Å². The lowest BCUT2D eigenvalue weighted by Gasteiger charge is -2.09. The van der Waals surface area contributed by atoms with Gasteiger partial charge in [-0.2, -0.15) is 0 Å². The number of ether oxygens (including phenoxy) is 2. The summed E-state index contributed by atoms with van der Waals surface area (Å²) in [5, 5.41) is 8.60. The molecule has 0 fully saturated rings. The molecule has 1 N–H and O–H groups in total. The van der Waals surface area contributed by atoms with Crippen molar-refractivity contribution >= 4 is 28.0 Å². The zero-order valence-corrected chi connectivity index (χ0v) is 12.8. The van der Waals surface area contributed by atoms with Gasteiger partial charge in [0, 0.05) is 6.08 Å². The van der Waals surface area contributed by atoms with Crippen LogP contribution >= 0.6 is 15.9 Å². The fourth-order valence-electron chi connectivity index (χ4n) is 1.64. The van der Waals surface area contributed by atoms with E-state index in [1.54, 1.807) is 25.3 Å². The maximum Gasteiger partial charge on any atom is 0.328 e. The first-order valence-electron chi connectivity index (χ1n) is 6.11. The summed E-state index contributed by atoms with van der Waals surface area (Å²) in [6.07, 6.45) is 2.61. The van der Waals surface area contributed by atoms with Crippen molar-refractivity contribution in [3.8, 4) is 17.2 Å². The number of aliphatic carboxylic acids is 1. The van der Waals surface area contributed by atoms with E-state index in [-0.39, 0.29) is 0 Å². The molecule has 4 nitrogen and oxygen atoms in total. The summed E-state index contributed by atoms with van der Waals surface area (Å²) in [5.41, 5.74) is 0.770. The average molecular weight is 349 g/mol. The summed E-state index contributed by atoms with van der Waals surface area (Å²) >= 11 is 3.41. The van der Waals surface area contributed by atoms with E-state index >= 15 is 0 Å². The molecule has 0 radical (unpaired) electrons. The van der Waals surface area contributed by atoms with E-state index < -0.39 is 5.97 Å². The predicted octanol–water partition coefficient (Wildman–Crippen LogP) is 4.35. The molecule has 0 aliphatic heterocycles. The van der Waals surface area contributed by atoms with Crippen LogP contribution in [0.4, 0.5) is 0 Å². The van der Waals surface area contributed by atoms with Gasteiger partial charge in [-0.25, -0.2) is 4.79 Å². The van der Waals surface area contributed by atoms with Crippen molar-refractivity contribution in [2.24, 2.45) is 0 Å². The highest BCUT2D eigenvalue weighted by Crippen LogP contribution is 2.31. The first-order chi connectivity index (χ1) is 10.1. The Bertz CT molecular complexity index is 662. The van der Waals surface area contributed by atoms with E-state index in [4.69, 9.17) is 14.6 Å². The fourth-order valence-corrected chi connectivity index (χ4v) is 2.12. The van der Waals surface area contributed by atoms with Crippen LogP contribution in [-0.2, 0) is 4.79 Å². The zero-order valence-electron chi connectivity index (χ0n) is 11.2. The van der Waals surface area contributed by atoms with Gasteiger partial charge in [-0.3, -0.25) is 0 Å². The Kier molecular flexibility index (Phi) is 5.00. The van der Waals surface area contributed by atoms with E-state index in [0.717, 1.165) is 21.9 Å². The summed E-state index contributed by atoms with van der Waals surface area (Å²) in [4.78, 5) is 10.5. The van der Waals surface area contributed by atoms with E-state index in [1.165, 1.54) is 6.08 Å². The quantitative estimate of drug-likeness (QED) is 0.816. The highest BCUT2D eigenvalue weighted by Gasteiger charge is 2.04. The number of methoxy groups -OCH3 is 1. The predicted molar refractivity (Wildman–Crippen MR) is 83.9 cm³/mol. The largest absolute Gasteiger partial charge is 0.497 e. The van der Waals surface area contributed by atoms with Crippen molar-refractivity contribution in [3.63, 3.8) is 0 Å². The van der Waals surface area contributed by atoms with Crippen molar-refractivity contribution in [2.75, 3.05) is 7.11 Å². The molecule has 0 spiro atoms. The van der Waals surface area contributed by atoms with E-state index in [0.29, 0.717) is 11.5 Å². The molecule has 0 aliphatic carbocycles. The van der Waals surface area contributed by atoms with Crippen molar-refractivity contribution < 1.29 is 19.4 Å². The van der Waals surface area contributed by atoms with Gasteiger partial charge in [-0.05, 0) is 64.0 Å². The molecular formula is C16H13BrO4. The maximum atomic E-state index is 10.5. The van der Waals surface area contributed by atoms with Gasteiger partial charge in [0.2, 0.25) is 0 Å². The Balaban J connectivity index is 2.14. The summed E-state index contributed by atoms with van der Waals surface area (Å²) in [6.45, 7) is 0. The normalized spacial score (nSPS) is 10.6. The molecule has 0 atom stereocenters. The molecule has 2 aromatic rings.